The van der Waals surface area contributed by atoms with Gasteiger partial charge in [0.25, 0.3) is 5.91 Å². The molecule has 0 saturated carbocycles. The van der Waals surface area contributed by atoms with Gasteiger partial charge in [-0.05, 0) is 42.3 Å². The predicted molar refractivity (Wildman–Crippen MR) is 113 cm³/mol. The fourth-order valence-corrected chi connectivity index (χ4v) is 4.99. The molecule has 6 nitrogen and oxygen atoms in total. The third-order valence-corrected chi connectivity index (χ3v) is 7.18. The number of amides is 1. The van der Waals surface area contributed by atoms with Gasteiger partial charge in [-0.25, -0.2) is 12.8 Å². The Morgan fingerprint density at radius 3 is 2.48 bits per heavy atom. The first kappa shape index (κ1) is 25.1. The molecule has 1 fully saturated rings. The van der Waals surface area contributed by atoms with Crippen LogP contribution in [0.1, 0.15) is 47.3 Å². The van der Waals surface area contributed by atoms with Gasteiger partial charge in [0.15, 0.2) is 0 Å². The number of halogens is 4. The van der Waals surface area contributed by atoms with E-state index < -0.39 is 45.1 Å². The van der Waals surface area contributed by atoms with Crippen molar-refractivity contribution in [3.63, 3.8) is 0 Å². The molecule has 3 rings (SSSR count). The van der Waals surface area contributed by atoms with E-state index >= 15 is 0 Å². The molecule has 1 saturated heterocycles. The first-order valence-corrected chi connectivity index (χ1v) is 11.8. The summed E-state index contributed by atoms with van der Waals surface area (Å²) in [6.45, 7) is 2.51. The third kappa shape index (κ3) is 5.90. The topological polar surface area (TPSA) is 75.7 Å². The zero-order valence-electron chi connectivity index (χ0n) is 17.9. The highest BCUT2D eigenvalue weighted by atomic mass is 32.2. The highest BCUT2D eigenvalue weighted by Crippen LogP contribution is 2.32. The Hall–Kier alpha value is -2.50. The van der Waals surface area contributed by atoms with Crippen LogP contribution in [0.5, 0.6) is 0 Å². The number of morpholine rings is 1. The Balaban J connectivity index is 1.88. The molecule has 11 heteroatoms. The van der Waals surface area contributed by atoms with Gasteiger partial charge in [0, 0.05) is 13.1 Å². The standard InChI is InChI=1S/C22H24F4N2O4S/c1-2-4-20(15-5-3-6-16(13-15)22(24,25)26)27-21(29)18-14-17(7-8-19(18)23)33(30,31)28-9-11-32-12-10-28/h3,5-8,13-14,20H,2,4,9-12H2,1H3,(H,27,29). The molecular weight excluding hydrogens is 464 g/mol. The van der Waals surface area contributed by atoms with E-state index in [2.05, 4.69) is 5.32 Å². The van der Waals surface area contributed by atoms with Crippen molar-refractivity contribution in [2.24, 2.45) is 0 Å². The Morgan fingerprint density at radius 1 is 1.15 bits per heavy atom. The van der Waals surface area contributed by atoms with E-state index in [1.807, 2.05) is 0 Å². The van der Waals surface area contributed by atoms with Gasteiger partial charge in [0.05, 0.1) is 35.3 Å². The molecule has 0 aliphatic carbocycles. The van der Waals surface area contributed by atoms with Gasteiger partial charge in [-0.1, -0.05) is 25.5 Å². The number of carbonyl (C=O) groups excluding carboxylic acids is 1. The van der Waals surface area contributed by atoms with Crippen molar-refractivity contribution in [3.05, 3.63) is 65.0 Å². The lowest BCUT2D eigenvalue weighted by Crippen LogP contribution is -2.40. The predicted octanol–water partition coefficient (Wildman–Crippen LogP) is 4.14. The molecule has 1 amide bonds. The number of benzene rings is 2. The van der Waals surface area contributed by atoms with Crippen LogP contribution in [-0.2, 0) is 20.9 Å². The first-order chi connectivity index (χ1) is 15.5. The van der Waals surface area contributed by atoms with E-state index in [-0.39, 0.29) is 36.8 Å². The van der Waals surface area contributed by atoms with Crippen molar-refractivity contribution in [2.75, 3.05) is 26.3 Å². The molecule has 0 radical (unpaired) electrons. The summed E-state index contributed by atoms with van der Waals surface area (Å²) in [5.41, 5.74) is -1.14. The van der Waals surface area contributed by atoms with E-state index in [0.717, 1.165) is 30.3 Å². The maximum Gasteiger partial charge on any atom is 0.416 e. The maximum atomic E-state index is 14.5. The van der Waals surface area contributed by atoms with E-state index in [0.29, 0.717) is 12.8 Å². The van der Waals surface area contributed by atoms with Crippen molar-refractivity contribution < 1.29 is 35.5 Å². The van der Waals surface area contributed by atoms with Gasteiger partial charge in [0.1, 0.15) is 5.82 Å². The number of rotatable bonds is 7. The summed E-state index contributed by atoms with van der Waals surface area (Å²) < 4.78 is 85.8. The summed E-state index contributed by atoms with van der Waals surface area (Å²) in [4.78, 5) is 12.6. The van der Waals surface area contributed by atoms with E-state index in [1.54, 1.807) is 6.92 Å². The van der Waals surface area contributed by atoms with Crippen LogP contribution in [-0.4, -0.2) is 44.9 Å². The Labute approximate surface area is 189 Å². The number of sulfonamides is 1. The number of alkyl halides is 3. The molecule has 1 unspecified atom stereocenters. The molecule has 2 aromatic carbocycles. The largest absolute Gasteiger partial charge is 0.416 e. The zero-order valence-corrected chi connectivity index (χ0v) is 18.7. The number of hydrogen-bond acceptors (Lipinski definition) is 4. The first-order valence-electron chi connectivity index (χ1n) is 10.4. The SMILES string of the molecule is CCCC(NC(=O)c1cc(S(=O)(=O)N2CCOCC2)ccc1F)c1cccc(C(F)(F)F)c1. The van der Waals surface area contributed by atoms with Crippen LogP contribution in [0.15, 0.2) is 47.4 Å². The maximum absolute atomic E-state index is 14.5. The molecule has 180 valence electrons. The lowest BCUT2D eigenvalue weighted by molar-refractivity contribution is -0.137. The molecule has 1 aliphatic rings. The third-order valence-electron chi connectivity index (χ3n) is 5.29. The van der Waals surface area contributed by atoms with Crippen molar-refractivity contribution in [1.82, 2.24) is 9.62 Å². The molecule has 0 bridgehead atoms. The minimum atomic E-state index is -4.55. The zero-order chi connectivity index (χ0) is 24.2. The fourth-order valence-electron chi connectivity index (χ4n) is 3.55. The molecule has 1 heterocycles. The van der Waals surface area contributed by atoms with Crippen LogP contribution < -0.4 is 5.32 Å². The van der Waals surface area contributed by atoms with Crippen LogP contribution in [0, 0.1) is 5.82 Å². The Morgan fingerprint density at radius 2 is 1.85 bits per heavy atom. The Kier molecular flexibility index (Phi) is 7.76. The second kappa shape index (κ2) is 10.2. The summed E-state index contributed by atoms with van der Waals surface area (Å²) in [6.07, 6.45) is -3.71. The fraction of sp³-hybridized carbons (Fsp3) is 0.409. The molecular formula is C22H24F4N2O4S. The number of hydrogen-bond donors (Lipinski definition) is 1. The van der Waals surface area contributed by atoms with Crippen LogP contribution in [0.2, 0.25) is 0 Å². The van der Waals surface area contributed by atoms with Crippen molar-refractivity contribution >= 4 is 15.9 Å². The second-order valence-electron chi connectivity index (χ2n) is 7.60. The van der Waals surface area contributed by atoms with Crippen LogP contribution in [0.4, 0.5) is 17.6 Å². The Bertz CT molecular complexity index is 1100. The highest BCUT2D eigenvalue weighted by Gasteiger charge is 2.32. The average molecular weight is 489 g/mol. The minimum absolute atomic E-state index is 0.134. The molecule has 33 heavy (non-hydrogen) atoms. The summed E-state index contributed by atoms with van der Waals surface area (Å²) in [6, 6.07) is 6.65. The van der Waals surface area contributed by atoms with E-state index in [1.165, 1.54) is 16.4 Å². The van der Waals surface area contributed by atoms with Gasteiger partial charge < -0.3 is 10.1 Å². The van der Waals surface area contributed by atoms with Gasteiger partial charge in [0.2, 0.25) is 10.0 Å². The minimum Gasteiger partial charge on any atom is -0.379 e. The lowest BCUT2D eigenvalue weighted by atomic mass is 9.99. The van der Waals surface area contributed by atoms with Gasteiger partial charge in [-0.15, -0.1) is 0 Å². The lowest BCUT2D eigenvalue weighted by Gasteiger charge is -2.26. The van der Waals surface area contributed by atoms with E-state index in [9.17, 15) is 30.8 Å². The second-order valence-corrected chi connectivity index (χ2v) is 9.53. The van der Waals surface area contributed by atoms with Gasteiger partial charge in [-0.3, -0.25) is 4.79 Å². The summed E-state index contributed by atoms with van der Waals surface area (Å²) >= 11 is 0. The molecule has 2 aromatic rings. The number of carbonyl (C=O) groups is 1. The molecule has 1 atom stereocenters. The number of nitrogens with zero attached hydrogens (tertiary/aromatic N) is 1. The van der Waals surface area contributed by atoms with Crippen molar-refractivity contribution in [1.29, 1.82) is 0 Å². The van der Waals surface area contributed by atoms with Gasteiger partial charge >= 0.3 is 6.18 Å². The van der Waals surface area contributed by atoms with Crippen molar-refractivity contribution in [3.8, 4) is 0 Å². The summed E-state index contributed by atoms with van der Waals surface area (Å²) in [5, 5.41) is 2.55. The number of nitrogens with one attached hydrogen (secondary N) is 1. The van der Waals surface area contributed by atoms with Crippen molar-refractivity contribution in [2.45, 2.75) is 36.9 Å². The molecule has 1 aliphatic heterocycles. The normalized spacial score (nSPS) is 16.4. The monoisotopic (exact) mass is 488 g/mol. The quantitative estimate of drug-likeness (QED) is 0.595. The molecule has 1 N–H and O–H groups in total. The average Bonchev–Trinajstić information content (AvgIpc) is 2.79. The van der Waals surface area contributed by atoms with Crippen LogP contribution >= 0.6 is 0 Å². The summed E-state index contributed by atoms with van der Waals surface area (Å²) in [7, 11) is -3.97. The van der Waals surface area contributed by atoms with Gasteiger partial charge in [-0.2, -0.15) is 17.5 Å². The highest BCUT2D eigenvalue weighted by molar-refractivity contribution is 7.89. The molecule has 0 spiro atoms. The summed E-state index contributed by atoms with van der Waals surface area (Å²) in [5.74, 6) is -1.85. The smallest absolute Gasteiger partial charge is 0.379 e. The van der Waals surface area contributed by atoms with Crippen LogP contribution in [0.25, 0.3) is 0 Å². The van der Waals surface area contributed by atoms with Crippen LogP contribution in [0.3, 0.4) is 0 Å². The molecule has 0 aromatic heterocycles. The number of ether oxygens (including phenoxy) is 1. The van der Waals surface area contributed by atoms with E-state index in [4.69, 9.17) is 4.74 Å².